The standard InChI is InChI=1S/C26H26N4OS/c1-32-23-16-8-6-14-21(23)26(31)28-18-24-29-22-15-7-5-13-20(22)25(30-24)27-17-9-12-19-10-3-2-4-11-19/h2-8,10-11,13-16H,9,12,17-18H2,1H3,(H,28,31)(H,27,29,30). The summed E-state index contributed by atoms with van der Waals surface area (Å²) in [5, 5.41) is 7.42. The molecule has 2 N–H and O–H groups in total. The quantitative estimate of drug-likeness (QED) is 0.271. The van der Waals surface area contributed by atoms with E-state index in [2.05, 4.69) is 39.9 Å². The fourth-order valence-corrected chi connectivity index (χ4v) is 4.16. The minimum absolute atomic E-state index is 0.121. The number of para-hydroxylation sites is 1. The van der Waals surface area contributed by atoms with E-state index in [9.17, 15) is 4.79 Å². The Kier molecular flexibility index (Phi) is 7.35. The van der Waals surface area contributed by atoms with Gasteiger partial charge in [-0.15, -0.1) is 11.8 Å². The van der Waals surface area contributed by atoms with Crippen LogP contribution in [0.1, 0.15) is 28.2 Å². The molecular formula is C26H26N4OS. The van der Waals surface area contributed by atoms with Crippen LogP contribution in [0.25, 0.3) is 10.9 Å². The third-order valence-electron chi connectivity index (χ3n) is 5.19. The second kappa shape index (κ2) is 10.8. The van der Waals surface area contributed by atoms with Gasteiger partial charge < -0.3 is 10.6 Å². The highest BCUT2D eigenvalue weighted by Crippen LogP contribution is 2.21. The number of carbonyl (C=O) groups excluding carboxylic acids is 1. The van der Waals surface area contributed by atoms with Gasteiger partial charge in [-0.3, -0.25) is 4.79 Å². The van der Waals surface area contributed by atoms with Crippen molar-refractivity contribution in [2.24, 2.45) is 0 Å². The van der Waals surface area contributed by atoms with E-state index in [4.69, 9.17) is 4.98 Å². The van der Waals surface area contributed by atoms with Gasteiger partial charge in [-0.1, -0.05) is 54.6 Å². The van der Waals surface area contributed by atoms with Crippen LogP contribution >= 0.6 is 11.8 Å². The van der Waals surface area contributed by atoms with E-state index in [-0.39, 0.29) is 12.5 Å². The van der Waals surface area contributed by atoms with E-state index >= 15 is 0 Å². The third kappa shape index (κ3) is 5.45. The summed E-state index contributed by atoms with van der Waals surface area (Å²) < 4.78 is 0. The Morgan fingerprint density at radius 3 is 2.50 bits per heavy atom. The molecule has 0 fully saturated rings. The van der Waals surface area contributed by atoms with Crippen molar-refractivity contribution in [3.8, 4) is 0 Å². The molecule has 0 spiro atoms. The van der Waals surface area contributed by atoms with Gasteiger partial charge in [0.2, 0.25) is 0 Å². The number of hydrogen-bond donors (Lipinski definition) is 2. The number of nitrogens with zero attached hydrogens (tertiary/aromatic N) is 2. The molecule has 1 amide bonds. The average molecular weight is 443 g/mol. The molecule has 6 heteroatoms. The van der Waals surface area contributed by atoms with Gasteiger partial charge >= 0.3 is 0 Å². The van der Waals surface area contributed by atoms with Crippen LogP contribution < -0.4 is 10.6 Å². The normalized spacial score (nSPS) is 10.8. The maximum Gasteiger partial charge on any atom is 0.252 e. The predicted molar refractivity (Wildman–Crippen MR) is 132 cm³/mol. The minimum Gasteiger partial charge on any atom is -0.369 e. The molecule has 3 aromatic carbocycles. The van der Waals surface area contributed by atoms with Gasteiger partial charge in [-0.05, 0) is 48.9 Å². The molecule has 5 nitrogen and oxygen atoms in total. The van der Waals surface area contributed by atoms with Crippen LogP contribution in [0.5, 0.6) is 0 Å². The number of anilines is 1. The molecule has 0 atom stereocenters. The highest BCUT2D eigenvalue weighted by molar-refractivity contribution is 7.98. The number of rotatable bonds is 9. The van der Waals surface area contributed by atoms with E-state index < -0.39 is 0 Å². The first-order valence-corrected chi connectivity index (χ1v) is 11.9. The fourth-order valence-electron chi connectivity index (χ4n) is 3.57. The summed E-state index contributed by atoms with van der Waals surface area (Å²) >= 11 is 1.56. The van der Waals surface area contributed by atoms with Crippen molar-refractivity contribution in [1.29, 1.82) is 0 Å². The maximum atomic E-state index is 12.7. The van der Waals surface area contributed by atoms with Gasteiger partial charge in [0.15, 0.2) is 5.82 Å². The molecular weight excluding hydrogens is 416 g/mol. The van der Waals surface area contributed by atoms with Gasteiger partial charge in [0.05, 0.1) is 17.6 Å². The zero-order chi connectivity index (χ0) is 22.2. The zero-order valence-corrected chi connectivity index (χ0v) is 18.9. The highest BCUT2D eigenvalue weighted by atomic mass is 32.2. The zero-order valence-electron chi connectivity index (χ0n) is 18.0. The van der Waals surface area contributed by atoms with Crippen LogP contribution in [-0.4, -0.2) is 28.7 Å². The molecule has 0 aliphatic heterocycles. The summed E-state index contributed by atoms with van der Waals surface area (Å²) in [6.07, 6.45) is 3.97. The molecule has 0 aliphatic carbocycles. The number of aryl methyl sites for hydroxylation is 1. The van der Waals surface area contributed by atoms with Crippen LogP contribution in [-0.2, 0) is 13.0 Å². The lowest BCUT2D eigenvalue weighted by molar-refractivity contribution is 0.0947. The lowest BCUT2D eigenvalue weighted by Crippen LogP contribution is -2.24. The number of thioether (sulfide) groups is 1. The van der Waals surface area contributed by atoms with E-state index in [0.717, 1.165) is 41.0 Å². The van der Waals surface area contributed by atoms with E-state index in [0.29, 0.717) is 11.4 Å². The van der Waals surface area contributed by atoms with Crippen LogP contribution in [0.15, 0.2) is 83.8 Å². The molecule has 4 aromatic rings. The Morgan fingerprint density at radius 2 is 1.66 bits per heavy atom. The van der Waals surface area contributed by atoms with Gasteiger partial charge in [0.1, 0.15) is 5.82 Å². The smallest absolute Gasteiger partial charge is 0.252 e. The van der Waals surface area contributed by atoms with Gasteiger partial charge in [-0.25, -0.2) is 9.97 Å². The molecule has 4 rings (SSSR count). The van der Waals surface area contributed by atoms with Crippen LogP contribution in [0.4, 0.5) is 5.82 Å². The Bertz CT molecular complexity index is 1200. The SMILES string of the molecule is CSc1ccccc1C(=O)NCc1nc(NCCCc2ccccc2)c2ccccc2n1. The van der Waals surface area contributed by atoms with Gasteiger partial charge in [-0.2, -0.15) is 0 Å². The Labute approximate surface area is 192 Å². The summed E-state index contributed by atoms with van der Waals surface area (Å²) in [4.78, 5) is 23.0. The van der Waals surface area contributed by atoms with Crippen molar-refractivity contribution in [2.75, 3.05) is 18.1 Å². The Morgan fingerprint density at radius 1 is 0.906 bits per heavy atom. The van der Waals surface area contributed by atoms with Crippen molar-refractivity contribution in [1.82, 2.24) is 15.3 Å². The number of amides is 1. The third-order valence-corrected chi connectivity index (χ3v) is 5.98. The number of nitrogens with one attached hydrogen (secondary N) is 2. The molecule has 0 bridgehead atoms. The number of aromatic nitrogens is 2. The summed E-state index contributed by atoms with van der Waals surface area (Å²) in [7, 11) is 0. The minimum atomic E-state index is -0.121. The van der Waals surface area contributed by atoms with Crippen molar-refractivity contribution in [3.05, 3.63) is 95.8 Å². The first kappa shape index (κ1) is 21.8. The molecule has 32 heavy (non-hydrogen) atoms. The largest absolute Gasteiger partial charge is 0.369 e. The lowest BCUT2D eigenvalue weighted by Gasteiger charge is -2.12. The van der Waals surface area contributed by atoms with Gasteiger partial charge in [0.25, 0.3) is 5.91 Å². The molecule has 0 radical (unpaired) electrons. The number of hydrogen-bond acceptors (Lipinski definition) is 5. The topological polar surface area (TPSA) is 66.9 Å². The summed E-state index contributed by atoms with van der Waals surface area (Å²) in [6, 6.07) is 26.0. The molecule has 0 saturated heterocycles. The van der Waals surface area contributed by atoms with E-state index in [1.165, 1.54) is 5.56 Å². The number of benzene rings is 3. The molecule has 162 valence electrons. The molecule has 0 aliphatic rings. The molecule has 1 heterocycles. The number of carbonyl (C=O) groups is 1. The van der Waals surface area contributed by atoms with E-state index in [1.54, 1.807) is 11.8 Å². The fraction of sp³-hybridized carbons (Fsp3) is 0.192. The van der Waals surface area contributed by atoms with Crippen LogP contribution in [0.2, 0.25) is 0 Å². The summed E-state index contributed by atoms with van der Waals surface area (Å²) in [5.74, 6) is 1.27. The molecule has 0 saturated carbocycles. The molecule has 0 unspecified atom stereocenters. The van der Waals surface area contributed by atoms with Crippen molar-refractivity contribution in [2.45, 2.75) is 24.3 Å². The van der Waals surface area contributed by atoms with Crippen molar-refractivity contribution >= 4 is 34.4 Å². The van der Waals surface area contributed by atoms with Gasteiger partial charge in [0, 0.05) is 16.8 Å². The Balaban J connectivity index is 1.44. The predicted octanol–water partition coefficient (Wildman–Crippen LogP) is 5.33. The highest BCUT2D eigenvalue weighted by Gasteiger charge is 2.12. The van der Waals surface area contributed by atoms with E-state index in [1.807, 2.05) is 60.9 Å². The first-order chi connectivity index (χ1) is 15.7. The van der Waals surface area contributed by atoms with Crippen LogP contribution in [0.3, 0.4) is 0 Å². The average Bonchev–Trinajstić information content (AvgIpc) is 2.85. The Hall–Kier alpha value is -3.38. The lowest BCUT2D eigenvalue weighted by atomic mass is 10.1. The summed E-state index contributed by atoms with van der Waals surface area (Å²) in [6.45, 7) is 1.08. The summed E-state index contributed by atoms with van der Waals surface area (Å²) in [5.41, 5.74) is 2.86. The van der Waals surface area contributed by atoms with Crippen molar-refractivity contribution < 1.29 is 4.79 Å². The first-order valence-electron chi connectivity index (χ1n) is 10.7. The second-order valence-electron chi connectivity index (χ2n) is 7.40. The second-order valence-corrected chi connectivity index (χ2v) is 8.25. The van der Waals surface area contributed by atoms with Crippen molar-refractivity contribution in [3.63, 3.8) is 0 Å². The number of fused-ring (bicyclic) bond motifs is 1. The maximum absolute atomic E-state index is 12.7. The molecule has 1 aromatic heterocycles. The monoisotopic (exact) mass is 442 g/mol. The van der Waals surface area contributed by atoms with Crippen LogP contribution in [0, 0.1) is 0 Å².